The number of furan rings is 1. The molecule has 250 valence electrons. The number of benzene rings is 7. The van der Waals surface area contributed by atoms with Crippen molar-refractivity contribution in [2.75, 3.05) is 4.90 Å². The summed E-state index contributed by atoms with van der Waals surface area (Å²) in [5, 5.41) is 20.3. The van der Waals surface area contributed by atoms with Crippen LogP contribution in [0.15, 0.2) is 174 Å². The monoisotopic (exact) mass is 689 g/mol. The largest absolute Gasteiger partial charge is 0.459 e. The minimum absolute atomic E-state index is 0.635. The van der Waals surface area contributed by atoms with Gasteiger partial charge in [-0.25, -0.2) is 0 Å². The smallest absolute Gasteiger partial charge is 0.152 e. The molecule has 54 heavy (non-hydrogen) atoms. The summed E-state index contributed by atoms with van der Waals surface area (Å²) in [4.78, 5) is 2.32. The zero-order chi connectivity index (χ0) is 36.0. The summed E-state index contributed by atoms with van der Waals surface area (Å²) >= 11 is 0. The summed E-state index contributed by atoms with van der Waals surface area (Å²) < 4.78 is 14.3. The summed E-state index contributed by atoms with van der Waals surface area (Å²) in [7, 11) is 0. The molecule has 1 atom stereocenters. The van der Waals surface area contributed by atoms with Crippen LogP contribution in [0, 0.1) is 22.7 Å². The van der Waals surface area contributed by atoms with E-state index in [4.69, 9.17) is 9.15 Å². The third kappa shape index (κ3) is 3.96. The van der Waals surface area contributed by atoms with Gasteiger partial charge in [0.15, 0.2) is 11.5 Å². The van der Waals surface area contributed by atoms with Gasteiger partial charge in [0.25, 0.3) is 0 Å². The minimum atomic E-state index is -0.892. The molecule has 1 aliphatic heterocycles. The van der Waals surface area contributed by atoms with Crippen molar-refractivity contribution in [3.05, 3.63) is 203 Å². The van der Waals surface area contributed by atoms with Crippen molar-refractivity contribution in [3.63, 3.8) is 0 Å². The summed E-state index contributed by atoms with van der Waals surface area (Å²) in [6.07, 6.45) is 0. The highest BCUT2D eigenvalue weighted by atomic mass is 16.5. The van der Waals surface area contributed by atoms with Crippen LogP contribution in [-0.4, -0.2) is 0 Å². The van der Waals surface area contributed by atoms with Crippen LogP contribution < -0.4 is 9.64 Å². The normalized spacial score (nSPS) is 15.9. The van der Waals surface area contributed by atoms with Crippen LogP contribution in [0.2, 0.25) is 0 Å². The first-order valence-corrected chi connectivity index (χ1v) is 17.9. The van der Waals surface area contributed by atoms with Gasteiger partial charge in [0.2, 0.25) is 0 Å². The molecule has 0 amide bonds. The van der Waals surface area contributed by atoms with E-state index in [1.54, 1.807) is 0 Å². The van der Waals surface area contributed by atoms with Crippen molar-refractivity contribution >= 4 is 28.0 Å². The molecule has 5 nitrogen and oxygen atoms in total. The first kappa shape index (κ1) is 30.1. The Hall–Kier alpha value is -7.60. The van der Waals surface area contributed by atoms with Crippen LogP contribution in [0.1, 0.15) is 33.6 Å². The summed E-state index contributed by atoms with van der Waals surface area (Å²) in [6, 6.07) is 60.2. The van der Waals surface area contributed by atoms with E-state index in [2.05, 4.69) is 102 Å². The highest BCUT2D eigenvalue weighted by Gasteiger charge is 2.60. The molecule has 7 aromatic carbocycles. The van der Waals surface area contributed by atoms with Gasteiger partial charge >= 0.3 is 0 Å². The highest BCUT2D eigenvalue weighted by Crippen LogP contribution is 2.66. The standard InChI is InChI=1S/C49H27N3O2/c50-28-30-17-19-31(20-18-30)32-21-24-35(25-22-32)52-42-14-6-8-16-44(42)54-48-46(52)45-38-12-4-7-15-43(38)53-47(45)49(48)40-13-5-3-11-37(40)39-27-33(23-26-41(39)49)36-10-2-1-9-34(36)29-51/h1-27H. The molecule has 0 radical (unpaired) electrons. The number of nitriles is 2. The molecule has 1 aromatic heterocycles. The van der Waals surface area contributed by atoms with Crippen LogP contribution in [0.25, 0.3) is 50.0 Å². The number of hydrogen-bond acceptors (Lipinski definition) is 5. The predicted octanol–water partition coefficient (Wildman–Crippen LogP) is 11.7. The highest BCUT2D eigenvalue weighted by molar-refractivity contribution is 6.08. The van der Waals surface area contributed by atoms with Gasteiger partial charge in [-0.3, -0.25) is 0 Å². The number of anilines is 2. The maximum atomic E-state index is 10.00. The summed E-state index contributed by atoms with van der Waals surface area (Å²) in [6.45, 7) is 0. The molecule has 8 aromatic rings. The topological polar surface area (TPSA) is 73.2 Å². The maximum absolute atomic E-state index is 10.00. The van der Waals surface area contributed by atoms with E-state index >= 15 is 0 Å². The molecule has 0 N–H and O–H groups in total. The van der Waals surface area contributed by atoms with Gasteiger partial charge in [0.05, 0.1) is 40.2 Å². The number of hydrogen-bond donors (Lipinski definition) is 0. The second-order valence-corrected chi connectivity index (χ2v) is 13.8. The Bertz CT molecular complexity index is 2990. The fourth-order valence-corrected chi connectivity index (χ4v) is 8.82. The Labute approximate surface area is 311 Å². The predicted molar refractivity (Wildman–Crippen MR) is 211 cm³/mol. The van der Waals surface area contributed by atoms with E-state index in [-0.39, 0.29) is 0 Å². The zero-order valence-corrected chi connectivity index (χ0v) is 28.7. The fourth-order valence-electron chi connectivity index (χ4n) is 8.82. The molecule has 1 unspecified atom stereocenters. The molecule has 0 bridgehead atoms. The van der Waals surface area contributed by atoms with E-state index in [1.165, 1.54) is 0 Å². The number of fused-ring (bicyclic) bond motifs is 12. The van der Waals surface area contributed by atoms with Crippen LogP contribution >= 0.6 is 0 Å². The Morgan fingerprint density at radius 3 is 2.04 bits per heavy atom. The lowest BCUT2D eigenvalue weighted by Gasteiger charge is -2.37. The molecule has 0 saturated carbocycles. The van der Waals surface area contributed by atoms with E-state index in [1.807, 2.05) is 78.9 Å². The van der Waals surface area contributed by atoms with Crippen molar-refractivity contribution in [1.29, 1.82) is 10.5 Å². The third-order valence-electron chi connectivity index (χ3n) is 11.1. The fraction of sp³-hybridized carbons (Fsp3) is 0.0204. The second-order valence-electron chi connectivity index (χ2n) is 13.8. The summed E-state index contributed by atoms with van der Waals surface area (Å²) in [5.41, 5.74) is 13.4. The van der Waals surface area contributed by atoms with Gasteiger partial charge in [-0.2, -0.15) is 10.5 Å². The van der Waals surface area contributed by atoms with Crippen molar-refractivity contribution in [2.45, 2.75) is 5.41 Å². The van der Waals surface area contributed by atoms with Gasteiger partial charge in [0, 0.05) is 11.1 Å². The molecule has 3 aliphatic rings. The first-order valence-electron chi connectivity index (χ1n) is 17.9. The molecule has 2 heterocycles. The molecular formula is C49H27N3O2. The molecule has 1 spiro atoms. The van der Waals surface area contributed by atoms with Crippen molar-refractivity contribution in [3.8, 4) is 51.3 Å². The molecule has 5 heteroatoms. The van der Waals surface area contributed by atoms with Crippen LogP contribution in [0.5, 0.6) is 5.75 Å². The average Bonchev–Trinajstić information content (AvgIpc) is 3.86. The van der Waals surface area contributed by atoms with Gasteiger partial charge in [-0.15, -0.1) is 0 Å². The number of ether oxygens (including phenoxy) is 1. The minimum Gasteiger partial charge on any atom is -0.459 e. The SMILES string of the molecule is N#Cc1ccc(-c2ccc(N3C4=C(Oc5ccccc53)C3(c5ccccc5-c5cc(-c6ccccc6C#N)ccc53)c3oc5ccccc5c34)cc2)cc1. The van der Waals surface area contributed by atoms with Gasteiger partial charge in [-0.1, -0.05) is 109 Å². The van der Waals surface area contributed by atoms with E-state index in [0.29, 0.717) is 11.1 Å². The molecule has 2 aliphatic carbocycles. The molecular weight excluding hydrogens is 663 g/mol. The van der Waals surface area contributed by atoms with Crippen molar-refractivity contribution in [1.82, 2.24) is 0 Å². The lowest BCUT2D eigenvalue weighted by Crippen LogP contribution is -2.32. The van der Waals surface area contributed by atoms with E-state index < -0.39 is 5.41 Å². The lowest BCUT2D eigenvalue weighted by molar-refractivity contribution is 0.346. The zero-order valence-electron chi connectivity index (χ0n) is 28.7. The van der Waals surface area contributed by atoms with E-state index in [0.717, 1.165) is 95.4 Å². The summed E-state index contributed by atoms with van der Waals surface area (Å²) in [5.74, 6) is 2.39. The van der Waals surface area contributed by atoms with E-state index in [9.17, 15) is 10.5 Å². The number of para-hydroxylation sites is 3. The van der Waals surface area contributed by atoms with Crippen molar-refractivity contribution < 1.29 is 9.15 Å². The van der Waals surface area contributed by atoms with Crippen LogP contribution in [0.4, 0.5) is 11.4 Å². The van der Waals surface area contributed by atoms with Gasteiger partial charge < -0.3 is 14.1 Å². The quantitative estimate of drug-likeness (QED) is 0.185. The van der Waals surface area contributed by atoms with Crippen LogP contribution in [-0.2, 0) is 5.41 Å². The Kier molecular flexibility index (Phi) is 6.23. The second kappa shape index (κ2) is 11.2. The van der Waals surface area contributed by atoms with Gasteiger partial charge in [-0.05, 0) is 99.1 Å². The number of nitrogens with zero attached hydrogens (tertiary/aromatic N) is 3. The lowest BCUT2D eigenvalue weighted by atomic mass is 9.76. The van der Waals surface area contributed by atoms with Gasteiger partial charge in [0.1, 0.15) is 16.8 Å². The van der Waals surface area contributed by atoms with Crippen LogP contribution in [0.3, 0.4) is 0 Å². The Balaban J connectivity index is 1.19. The maximum Gasteiger partial charge on any atom is 0.152 e. The Morgan fingerprint density at radius 1 is 0.556 bits per heavy atom. The molecule has 0 fully saturated rings. The third-order valence-corrected chi connectivity index (χ3v) is 11.1. The van der Waals surface area contributed by atoms with Crippen molar-refractivity contribution in [2.24, 2.45) is 0 Å². The first-order chi connectivity index (χ1) is 26.7. The average molecular weight is 690 g/mol. The molecule has 0 saturated heterocycles. The Morgan fingerprint density at radius 2 is 1.22 bits per heavy atom. The number of rotatable bonds is 3. The molecule has 11 rings (SSSR count). The number of allylic oxidation sites excluding steroid dienone is 1.